The van der Waals surface area contributed by atoms with Crippen LogP contribution in [-0.2, 0) is 0 Å². The number of hydrogen-bond donors (Lipinski definition) is 0. The zero-order valence-corrected chi connectivity index (χ0v) is 16.8. The van der Waals surface area contributed by atoms with E-state index in [1.807, 2.05) is 0 Å². The first-order chi connectivity index (χ1) is 12.6. The fraction of sp³-hybridized carbons (Fsp3) is 0.200. The van der Waals surface area contributed by atoms with E-state index in [2.05, 4.69) is 93.6 Å². The molecule has 1 aliphatic rings. The Hall–Kier alpha value is -2.38. The standard InChI is InChI=1S/C25H25Si/c1-18-15-19(2)25(20(3)16-18)26(23-12-5-4-6-13-23)24-14-8-11-22(17-24)21-9-7-10-21/h4-6,8-9,11-17H,7,10H2,1-3H3. The van der Waals surface area contributed by atoms with Crippen LogP contribution in [0.4, 0.5) is 0 Å². The summed E-state index contributed by atoms with van der Waals surface area (Å²) in [6.07, 6.45) is 4.82. The Kier molecular flexibility index (Phi) is 4.65. The largest absolute Gasteiger partial charge is 0.155 e. The second-order valence-electron chi connectivity index (χ2n) is 7.36. The molecule has 0 saturated carbocycles. The molecular weight excluding hydrogens is 328 g/mol. The Labute approximate surface area is 158 Å². The molecule has 0 heterocycles. The molecule has 0 bridgehead atoms. The molecule has 26 heavy (non-hydrogen) atoms. The van der Waals surface area contributed by atoms with Gasteiger partial charge in [-0.3, -0.25) is 0 Å². The van der Waals surface area contributed by atoms with E-state index in [9.17, 15) is 0 Å². The predicted molar refractivity (Wildman–Crippen MR) is 115 cm³/mol. The summed E-state index contributed by atoms with van der Waals surface area (Å²) < 4.78 is 0. The van der Waals surface area contributed by atoms with Crippen molar-refractivity contribution in [3.8, 4) is 0 Å². The van der Waals surface area contributed by atoms with E-state index in [0.29, 0.717) is 0 Å². The molecular formula is C25H25Si. The van der Waals surface area contributed by atoms with Crippen molar-refractivity contribution in [2.45, 2.75) is 33.6 Å². The predicted octanol–water partition coefficient (Wildman–Crippen LogP) is 4.31. The molecule has 4 rings (SSSR count). The molecule has 129 valence electrons. The van der Waals surface area contributed by atoms with E-state index < -0.39 is 8.80 Å². The van der Waals surface area contributed by atoms with Crippen LogP contribution < -0.4 is 15.6 Å². The molecule has 1 aliphatic carbocycles. The minimum absolute atomic E-state index is 1.02. The van der Waals surface area contributed by atoms with Crippen molar-refractivity contribution in [2.24, 2.45) is 0 Å². The van der Waals surface area contributed by atoms with E-state index >= 15 is 0 Å². The molecule has 0 aliphatic heterocycles. The van der Waals surface area contributed by atoms with Crippen LogP contribution in [0.2, 0.25) is 0 Å². The van der Waals surface area contributed by atoms with E-state index in [0.717, 1.165) is 0 Å². The molecule has 0 saturated heterocycles. The first-order valence-electron chi connectivity index (χ1n) is 9.44. The first-order valence-corrected chi connectivity index (χ1v) is 10.9. The lowest BCUT2D eigenvalue weighted by Gasteiger charge is -2.23. The van der Waals surface area contributed by atoms with Crippen LogP contribution in [-0.4, -0.2) is 8.80 Å². The number of benzene rings is 3. The molecule has 0 aromatic heterocycles. The Morgan fingerprint density at radius 2 is 1.38 bits per heavy atom. The molecule has 3 aromatic carbocycles. The number of aryl methyl sites for hydroxylation is 3. The molecule has 0 nitrogen and oxygen atoms in total. The lowest BCUT2D eigenvalue weighted by molar-refractivity contribution is 0.989. The van der Waals surface area contributed by atoms with Gasteiger partial charge in [0.05, 0.1) is 0 Å². The highest BCUT2D eigenvalue weighted by Gasteiger charge is 2.24. The minimum Gasteiger partial charge on any atom is -0.0804 e. The Balaban J connectivity index is 1.91. The van der Waals surface area contributed by atoms with Gasteiger partial charge in [-0.25, -0.2) is 0 Å². The maximum atomic E-state index is 2.45. The zero-order valence-electron chi connectivity index (χ0n) is 15.8. The SMILES string of the molecule is Cc1cc(C)c([Si](c2ccccc2)c2cccc(C3=CCC3)c2)c(C)c1. The van der Waals surface area contributed by atoms with Gasteiger partial charge in [0.25, 0.3) is 0 Å². The second-order valence-corrected chi connectivity index (χ2v) is 9.77. The highest BCUT2D eigenvalue weighted by atomic mass is 28.3. The molecule has 1 heteroatoms. The fourth-order valence-corrected chi connectivity index (χ4v) is 6.99. The van der Waals surface area contributed by atoms with Crippen molar-refractivity contribution in [3.05, 3.63) is 95.1 Å². The van der Waals surface area contributed by atoms with Gasteiger partial charge in [0, 0.05) is 0 Å². The van der Waals surface area contributed by atoms with Crippen LogP contribution in [0.3, 0.4) is 0 Å². The molecule has 3 aromatic rings. The smallest absolute Gasteiger partial charge is 0.0804 e. The Morgan fingerprint density at radius 1 is 0.731 bits per heavy atom. The van der Waals surface area contributed by atoms with Crippen LogP contribution in [0.1, 0.15) is 35.1 Å². The van der Waals surface area contributed by atoms with Gasteiger partial charge in [-0.2, -0.15) is 0 Å². The third kappa shape index (κ3) is 3.20. The van der Waals surface area contributed by atoms with Gasteiger partial charge in [-0.1, -0.05) is 99.9 Å². The topological polar surface area (TPSA) is 0 Å². The van der Waals surface area contributed by atoms with Crippen molar-refractivity contribution in [2.75, 3.05) is 0 Å². The summed E-state index contributed by atoms with van der Waals surface area (Å²) in [4.78, 5) is 0. The Bertz CT molecular complexity index is 943. The average Bonchev–Trinajstić information content (AvgIpc) is 2.57. The monoisotopic (exact) mass is 353 g/mol. The minimum atomic E-state index is -1.02. The van der Waals surface area contributed by atoms with Gasteiger partial charge in [-0.15, -0.1) is 0 Å². The molecule has 0 unspecified atom stereocenters. The molecule has 1 radical (unpaired) electrons. The van der Waals surface area contributed by atoms with Gasteiger partial charge in [0.1, 0.15) is 0 Å². The van der Waals surface area contributed by atoms with Crippen LogP contribution in [0.15, 0.2) is 72.8 Å². The highest BCUT2D eigenvalue weighted by Crippen LogP contribution is 2.28. The maximum Gasteiger partial charge on any atom is 0.155 e. The van der Waals surface area contributed by atoms with Crippen molar-refractivity contribution >= 4 is 29.9 Å². The maximum absolute atomic E-state index is 2.45. The molecule has 0 fully saturated rings. The number of rotatable bonds is 4. The Morgan fingerprint density at radius 3 is 2.00 bits per heavy atom. The highest BCUT2D eigenvalue weighted by molar-refractivity contribution is 6.96. The lowest BCUT2D eigenvalue weighted by atomic mass is 9.92. The summed E-state index contributed by atoms with van der Waals surface area (Å²) in [7, 11) is -1.02. The van der Waals surface area contributed by atoms with Gasteiger partial charge >= 0.3 is 0 Å². The third-order valence-corrected chi connectivity index (χ3v) is 8.40. The van der Waals surface area contributed by atoms with Crippen LogP contribution in [0.5, 0.6) is 0 Å². The fourth-order valence-electron chi connectivity index (χ4n) is 4.06. The van der Waals surface area contributed by atoms with Crippen molar-refractivity contribution in [1.29, 1.82) is 0 Å². The van der Waals surface area contributed by atoms with Crippen molar-refractivity contribution < 1.29 is 0 Å². The van der Waals surface area contributed by atoms with E-state index in [4.69, 9.17) is 0 Å². The summed E-state index contributed by atoms with van der Waals surface area (Å²) in [6, 6.07) is 25.1. The van der Waals surface area contributed by atoms with Gasteiger partial charge < -0.3 is 0 Å². The lowest BCUT2D eigenvalue weighted by Crippen LogP contribution is -2.54. The van der Waals surface area contributed by atoms with E-state index in [1.165, 1.54) is 51.0 Å². The summed E-state index contributed by atoms with van der Waals surface area (Å²) in [5, 5.41) is 4.50. The summed E-state index contributed by atoms with van der Waals surface area (Å²) in [5.41, 5.74) is 7.13. The van der Waals surface area contributed by atoms with Gasteiger partial charge in [0.2, 0.25) is 0 Å². The summed E-state index contributed by atoms with van der Waals surface area (Å²) in [5.74, 6) is 0. The first kappa shape index (κ1) is 17.1. The number of allylic oxidation sites excluding steroid dienone is 2. The molecule has 0 N–H and O–H groups in total. The third-order valence-electron chi connectivity index (χ3n) is 5.32. The van der Waals surface area contributed by atoms with Crippen LogP contribution in [0.25, 0.3) is 5.57 Å². The van der Waals surface area contributed by atoms with Crippen molar-refractivity contribution in [1.82, 2.24) is 0 Å². The van der Waals surface area contributed by atoms with Crippen molar-refractivity contribution in [3.63, 3.8) is 0 Å². The zero-order chi connectivity index (χ0) is 18.1. The summed E-state index contributed by atoms with van der Waals surface area (Å²) >= 11 is 0. The molecule has 0 atom stereocenters. The van der Waals surface area contributed by atoms with Crippen LogP contribution in [0, 0.1) is 20.8 Å². The molecule has 0 spiro atoms. The van der Waals surface area contributed by atoms with Gasteiger partial charge in [-0.05, 0) is 49.9 Å². The second kappa shape index (κ2) is 7.09. The normalized spacial score (nSPS) is 13.5. The van der Waals surface area contributed by atoms with E-state index in [1.54, 1.807) is 5.19 Å². The van der Waals surface area contributed by atoms with Crippen LogP contribution >= 0.6 is 0 Å². The quantitative estimate of drug-likeness (QED) is 0.484. The van der Waals surface area contributed by atoms with E-state index in [-0.39, 0.29) is 0 Å². The summed E-state index contributed by atoms with van der Waals surface area (Å²) in [6.45, 7) is 6.75. The van der Waals surface area contributed by atoms with Gasteiger partial charge in [0.15, 0.2) is 8.80 Å². The average molecular weight is 354 g/mol. The number of hydrogen-bond acceptors (Lipinski definition) is 0. The molecule has 0 amide bonds.